The molecule has 0 unspecified atom stereocenters. The second-order valence-electron chi connectivity index (χ2n) is 7.28. The molecular formula is C26H19ClN4O5. The molecule has 10 heteroatoms. The van der Waals surface area contributed by atoms with Gasteiger partial charge in [-0.2, -0.15) is 10.2 Å². The summed E-state index contributed by atoms with van der Waals surface area (Å²) in [5, 5.41) is 19.5. The lowest BCUT2D eigenvalue weighted by molar-refractivity contribution is 0.201. The maximum atomic E-state index is 9.98. The zero-order valence-electron chi connectivity index (χ0n) is 19.1. The van der Waals surface area contributed by atoms with Crippen LogP contribution in [0.25, 0.3) is 27.4 Å². The van der Waals surface area contributed by atoms with Gasteiger partial charge in [-0.1, -0.05) is 23.7 Å². The van der Waals surface area contributed by atoms with Gasteiger partial charge in [0.25, 0.3) is 5.69 Å². The normalized spacial score (nSPS) is 10.4. The van der Waals surface area contributed by atoms with Gasteiger partial charge in [-0.25, -0.2) is 9.83 Å². The molecule has 0 fully saturated rings. The Morgan fingerprint density at radius 3 is 2.42 bits per heavy atom. The SMILES string of the molecule is [C-]#[N+]c1c(OC)nc(OCc2coc(-c3ccc(Cl)cc3)n2)c(C#N)c1-c1ccc(OCCO)cc1. The number of aliphatic hydroxyl groups excluding tert-OH is 1. The van der Waals surface area contributed by atoms with Gasteiger partial charge in [0.2, 0.25) is 17.7 Å². The number of ether oxygens (including phenoxy) is 3. The van der Waals surface area contributed by atoms with E-state index in [1.807, 2.05) is 0 Å². The van der Waals surface area contributed by atoms with Gasteiger partial charge in [-0.3, -0.25) is 0 Å². The van der Waals surface area contributed by atoms with Crippen molar-refractivity contribution in [2.75, 3.05) is 20.3 Å². The van der Waals surface area contributed by atoms with E-state index in [-0.39, 0.29) is 42.8 Å². The van der Waals surface area contributed by atoms with Crippen molar-refractivity contribution in [2.45, 2.75) is 6.61 Å². The fourth-order valence-corrected chi connectivity index (χ4v) is 3.52. The van der Waals surface area contributed by atoms with Gasteiger partial charge in [-0.05, 0) is 42.0 Å². The van der Waals surface area contributed by atoms with E-state index in [2.05, 4.69) is 20.9 Å². The molecule has 0 saturated heterocycles. The van der Waals surface area contributed by atoms with Crippen LogP contribution in [0.4, 0.5) is 5.69 Å². The van der Waals surface area contributed by atoms with E-state index in [1.165, 1.54) is 13.4 Å². The summed E-state index contributed by atoms with van der Waals surface area (Å²) in [6, 6.07) is 15.9. The molecule has 0 aliphatic rings. The fraction of sp³-hybridized carbons (Fsp3) is 0.154. The molecular weight excluding hydrogens is 484 g/mol. The highest BCUT2D eigenvalue weighted by Gasteiger charge is 2.23. The maximum Gasteiger partial charge on any atom is 0.256 e. The number of nitrogens with zero attached hydrogens (tertiary/aromatic N) is 4. The van der Waals surface area contributed by atoms with Crippen molar-refractivity contribution < 1.29 is 23.7 Å². The zero-order valence-corrected chi connectivity index (χ0v) is 19.8. The summed E-state index contributed by atoms with van der Waals surface area (Å²) in [6.07, 6.45) is 1.45. The first-order valence-corrected chi connectivity index (χ1v) is 11.0. The van der Waals surface area contributed by atoms with E-state index in [4.69, 9.17) is 41.9 Å². The molecule has 0 amide bonds. The Balaban J connectivity index is 1.66. The van der Waals surface area contributed by atoms with Crippen LogP contribution >= 0.6 is 11.6 Å². The molecule has 0 aliphatic heterocycles. The first-order valence-electron chi connectivity index (χ1n) is 10.6. The summed E-state index contributed by atoms with van der Waals surface area (Å²) in [7, 11) is 1.39. The van der Waals surface area contributed by atoms with Gasteiger partial charge in [0.05, 0.1) is 20.3 Å². The zero-order chi connectivity index (χ0) is 25.5. The minimum atomic E-state index is -0.114. The molecule has 2 heterocycles. The summed E-state index contributed by atoms with van der Waals surface area (Å²) < 4.78 is 22.1. The van der Waals surface area contributed by atoms with Crippen LogP contribution in [0, 0.1) is 17.9 Å². The van der Waals surface area contributed by atoms with Crippen molar-refractivity contribution in [1.82, 2.24) is 9.97 Å². The lowest BCUT2D eigenvalue weighted by Crippen LogP contribution is -2.04. The van der Waals surface area contributed by atoms with Gasteiger partial charge >= 0.3 is 0 Å². The van der Waals surface area contributed by atoms with Crippen LogP contribution in [0.3, 0.4) is 0 Å². The molecule has 0 radical (unpaired) electrons. The third kappa shape index (κ3) is 5.23. The van der Waals surface area contributed by atoms with E-state index < -0.39 is 0 Å². The maximum absolute atomic E-state index is 9.98. The third-order valence-electron chi connectivity index (χ3n) is 5.03. The Labute approximate surface area is 211 Å². The van der Waals surface area contributed by atoms with Gasteiger partial charge in [0.1, 0.15) is 42.6 Å². The minimum Gasteiger partial charge on any atom is -0.491 e. The Bertz CT molecular complexity index is 1440. The standard InChI is InChI=1S/C26H19ClN4O5/c1-29-23-22(16-5-9-20(10-6-16)34-12-11-32)21(13-28)25(31-26(23)33-2)36-15-19-14-35-24(30-19)17-3-7-18(27)8-4-17/h3-10,14,32H,11-12,15H2,2H3. The van der Waals surface area contributed by atoms with E-state index in [1.54, 1.807) is 48.5 Å². The molecule has 9 nitrogen and oxygen atoms in total. The molecule has 4 rings (SSSR count). The van der Waals surface area contributed by atoms with E-state index in [9.17, 15) is 5.26 Å². The molecule has 2 aromatic heterocycles. The molecule has 36 heavy (non-hydrogen) atoms. The van der Waals surface area contributed by atoms with Gasteiger partial charge in [0.15, 0.2) is 0 Å². The average Bonchev–Trinajstić information content (AvgIpc) is 3.39. The average molecular weight is 503 g/mol. The van der Waals surface area contributed by atoms with Gasteiger partial charge < -0.3 is 23.7 Å². The van der Waals surface area contributed by atoms with E-state index >= 15 is 0 Å². The first kappa shape index (κ1) is 24.6. The molecule has 0 atom stereocenters. The van der Waals surface area contributed by atoms with Crippen LogP contribution in [0.1, 0.15) is 11.3 Å². The Hall–Kier alpha value is -4.57. The number of nitriles is 1. The predicted octanol–water partition coefficient (Wildman–Crippen LogP) is 5.44. The van der Waals surface area contributed by atoms with Crippen molar-refractivity contribution in [3.8, 4) is 46.2 Å². The Morgan fingerprint density at radius 1 is 1.06 bits per heavy atom. The van der Waals surface area contributed by atoms with Gasteiger partial charge in [-0.15, -0.1) is 0 Å². The summed E-state index contributed by atoms with van der Waals surface area (Å²) in [5.41, 5.74) is 2.28. The lowest BCUT2D eigenvalue weighted by Gasteiger charge is -2.15. The van der Waals surface area contributed by atoms with E-state index in [0.717, 1.165) is 5.56 Å². The number of hydrogen-bond donors (Lipinski definition) is 1. The highest BCUT2D eigenvalue weighted by molar-refractivity contribution is 6.30. The van der Waals surface area contributed by atoms with Crippen molar-refractivity contribution >= 4 is 17.3 Å². The van der Waals surface area contributed by atoms with Crippen molar-refractivity contribution in [3.63, 3.8) is 0 Å². The summed E-state index contributed by atoms with van der Waals surface area (Å²) in [4.78, 5) is 12.2. The summed E-state index contributed by atoms with van der Waals surface area (Å²) in [5.74, 6) is 0.949. The van der Waals surface area contributed by atoms with Crippen molar-refractivity contribution in [3.05, 3.63) is 82.5 Å². The number of aliphatic hydroxyl groups is 1. The molecule has 2 aromatic carbocycles. The molecule has 0 spiro atoms. The van der Waals surface area contributed by atoms with Gasteiger partial charge in [0, 0.05) is 16.1 Å². The highest BCUT2D eigenvalue weighted by Crippen LogP contribution is 2.43. The Morgan fingerprint density at radius 2 is 1.78 bits per heavy atom. The third-order valence-corrected chi connectivity index (χ3v) is 5.28. The second-order valence-corrected chi connectivity index (χ2v) is 7.72. The quantitative estimate of drug-likeness (QED) is 0.301. The van der Waals surface area contributed by atoms with Crippen LogP contribution < -0.4 is 14.2 Å². The molecule has 0 bridgehead atoms. The number of rotatable bonds is 9. The second kappa shape index (κ2) is 11.2. The number of aromatic nitrogens is 2. The number of hydrogen-bond acceptors (Lipinski definition) is 8. The number of halogens is 1. The molecule has 0 saturated carbocycles. The van der Waals surface area contributed by atoms with Crippen LogP contribution in [-0.2, 0) is 6.61 Å². The molecule has 0 aliphatic carbocycles. The number of benzene rings is 2. The molecule has 1 N–H and O–H groups in total. The molecule has 180 valence electrons. The number of oxazole rings is 1. The number of pyridine rings is 1. The minimum absolute atomic E-state index is 0.00611. The van der Waals surface area contributed by atoms with E-state index in [0.29, 0.717) is 33.5 Å². The summed E-state index contributed by atoms with van der Waals surface area (Å²) in [6.45, 7) is 7.66. The predicted molar refractivity (Wildman–Crippen MR) is 131 cm³/mol. The smallest absolute Gasteiger partial charge is 0.256 e. The van der Waals surface area contributed by atoms with Crippen LogP contribution in [0.15, 0.2) is 59.2 Å². The number of methoxy groups -OCH3 is 1. The van der Waals surface area contributed by atoms with Crippen molar-refractivity contribution in [1.29, 1.82) is 5.26 Å². The summed E-state index contributed by atoms with van der Waals surface area (Å²) >= 11 is 5.93. The van der Waals surface area contributed by atoms with Crippen LogP contribution in [0.5, 0.6) is 17.5 Å². The van der Waals surface area contributed by atoms with Crippen LogP contribution in [-0.4, -0.2) is 35.4 Å². The largest absolute Gasteiger partial charge is 0.491 e. The fourth-order valence-electron chi connectivity index (χ4n) is 3.39. The van der Waals surface area contributed by atoms with Crippen molar-refractivity contribution in [2.24, 2.45) is 0 Å². The highest BCUT2D eigenvalue weighted by atomic mass is 35.5. The lowest BCUT2D eigenvalue weighted by atomic mass is 9.99. The molecule has 4 aromatic rings. The topological polar surface area (TPSA) is 115 Å². The van der Waals surface area contributed by atoms with Crippen LogP contribution in [0.2, 0.25) is 5.02 Å². The Kier molecular flexibility index (Phi) is 7.66. The first-order chi connectivity index (χ1) is 17.6. The monoisotopic (exact) mass is 502 g/mol.